The molecule has 1 aliphatic carbocycles. The number of nitrogens with zero attached hydrogens (tertiary/aromatic N) is 1. The third-order valence-electron chi connectivity index (χ3n) is 6.42. The lowest BCUT2D eigenvalue weighted by atomic mass is 9.82. The van der Waals surface area contributed by atoms with Crippen LogP contribution in [0.4, 0.5) is 0 Å². The molecule has 1 N–H and O–H groups in total. The zero-order valence-electron chi connectivity index (χ0n) is 18.8. The molecular formula is C27H30N2O3. The van der Waals surface area contributed by atoms with Gasteiger partial charge in [0.25, 0.3) is 11.8 Å². The standard InChI is InChI=1S/C27H30N2O3/c1-4-6-7-22-16-20-17-23(32-3)14-15-24(20)26(29(22)25(30)5-2)18-8-10-19(11-9-18)27(31)28-21-12-13-21/h2,8-11,14-15,17,21-22,26H,4,6-7,12-13,16H2,1,3H3,(H,28,31)/t22-,26-/m0/s1. The van der Waals surface area contributed by atoms with E-state index in [1.165, 1.54) is 5.56 Å². The third-order valence-corrected chi connectivity index (χ3v) is 6.42. The van der Waals surface area contributed by atoms with E-state index in [4.69, 9.17) is 11.2 Å². The summed E-state index contributed by atoms with van der Waals surface area (Å²) in [4.78, 5) is 27.3. The van der Waals surface area contributed by atoms with Crippen LogP contribution < -0.4 is 10.1 Å². The van der Waals surface area contributed by atoms with Crippen LogP contribution in [-0.4, -0.2) is 35.9 Å². The van der Waals surface area contributed by atoms with Crippen LogP contribution in [0, 0.1) is 12.3 Å². The van der Waals surface area contributed by atoms with Gasteiger partial charge >= 0.3 is 0 Å². The molecule has 4 rings (SSSR count). The summed E-state index contributed by atoms with van der Waals surface area (Å²) in [6, 6.07) is 13.6. The molecule has 0 aromatic heterocycles. The summed E-state index contributed by atoms with van der Waals surface area (Å²) < 4.78 is 5.45. The second kappa shape index (κ2) is 9.48. The quantitative estimate of drug-likeness (QED) is 0.668. The number of benzene rings is 2. The minimum Gasteiger partial charge on any atom is -0.497 e. The Morgan fingerprint density at radius 2 is 1.94 bits per heavy atom. The fraction of sp³-hybridized carbons (Fsp3) is 0.407. The average Bonchev–Trinajstić information content (AvgIpc) is 3.64. The van der Waals surface area contributed by atoms with Crippen molar-refractivity contribution < 1.29 is 14.3 Å². The molecule has 0 spiro atoms. The predicted octanol–water partition coefficient (Wildman–Crippen LogP) is 4.25. The maximum Gasteiger partial charge on any atom is 0.299 e. The Bertz CT molecular complexity index is 1030. The fourth-order valence-corrected chi connectivity index (χ4v) is 4.56. The second-order valence-corrected chi connectivity index (χ2v) is 8.69. The third kappa shape index (κ3) is 4.50. The van der Waals surface area contributed by atoms with Gasteiger partial charge in [-0.05, 0) is 72.6 Å². The molecule has 1 heterocycles. The number of nitrogens with one attached hydrogen (secondary N) is 1. The monoisotopic (exact) mass is 430 g/mol. The van der Waals surface area contributed by atoms with Gasteiger partial charge < -0.3 is 15.0 Å². The number of rotatable bonds is 7. The van der Waals surface area contributed by atoms with Crippen molar-refractivity contribution in [1.82, 2.24) is 10.2 Å². The first-order valence-corrected chi connectivity index (χ1v) is 11.4. The SMILES string of the molecule is C#CC(=O)N1[C@@H](CCCC)Cc2cc(OC)ccc2[C@@H]1c1ccc(C(=O)NC2CC2)cc1. The van der Waals surface area contributed by atoms with Crippen molar-refractivity contribution in [2.24, 2.45) is 0 Å². The normalized spacial score (nSPS) is 19.6. The molecule has 1 aliphatic heterocycles. The molecule has 2 aromatic carbocycles. The van der Waals surface area contributed by atoms with Gasteiger partial charge in [0, 0.05) is 17.6 Å². The van der Waals surface area contributed by atoms with Crippen molar-refractivity contribution in [3.05, 3.63) is 64.7 Å². The molecule has 2 aliphatic rings. The van der Waals surface area contributed by atoms with Gasteiger partial charge in [0.2, 0.25) is 0 Å². The van der Waals surface area contributed by atoms with Crippen LogP contribution in [-0.2, 0) is 11.2 Å². The smallest absolute Gasteiger partial charge is 0.299 e. The highest BCUT2D eigenvalue weighted by atomic mass is 16.5. The molecule has 166 valence electrons. The molecule has 1 saturated carbocycles. The first-order valence-electron chi connectivity index (χ1n) is 11.4. The molecule has 1 fully saturated rings. The number of hydrogen-bond donors (Lipinski definition) is 1. The van der Waals surface area contributed by atoms with Crippen LogP contribution in [0.3, 0.4) is 0 Å². The zero-order chi connectivity index (χ0) is 22.7. The minimum absolute atomic E-state index is 0.0148. The van der Waals surface area contributed by atoms with Crippen LogP contribution in [0.25, 0.3) is 0 Å². The lowest BCUT2D eigenvalue weighted by Crippen LogP contribution is -2.47. The van der Waals surface area contributed by atoms with Gasteiger partial charge in [-0.25, -0.2) is 0 Å². The Hall–Kier alpha value is -3.26. The van der Waals surface area contributed by atoms with Crippen molar-refractivity contribution in [1.29, 1.82) is 0 Å². The molecule has 0 saturated heterocycles. The van der Waals surface area contributed by atoms with Crippen molar-refractivity contribution in [3.8, 4) is 18.1 Å². The summed E-state index contributed by atoms with van der Waals surface area (Å²) in [6.45, 7) is 2.15. The number of unbranched alkanes of at least 4 members (excludes halogenated alkanes) is 1. The number of ether oxygens (including phenoxy) is 1. The number of methoxy groups -OCH3 is 1. The van der Waals surface area contributed by atoms with Crippen LogP contribution in [0.1, 0.15) is 72.1 Å². The number of fused-ring (bicyclic) bond motifs is 1. The molecule has 2 amide bonds. The number of carbonyl (C=O) groups excluding carboxylic acids is 2. The van der Waals surface area contributed by atoms with Gasteiger partial charge in [-0.2, -0.15) is 0 Å². The highest BCUT2D eigenvalue weighted by Gasteiger charge is 2.37. The van der Waals surface area contributed by atoms with E-state index in [0.29, 0.717) is 11.6 Å². The van der Waals surface area contributed by atoms with Gasteiger partial charge in [0.1, 0.15) is 5.75 Å². The number of amides is 2. The zero-order valence-corrected chi connectivity index (χ0v) is 18.8. The van der Waals surface area contributed by atoms with Gasteiger partial charge in [-0.3, -0.25) is 9.59 Å². The molecule has 2 atom stereocenters. The molecule has 32 heavy (non-hydrogen) atoms. The number of carbonyl (C=O) groups is 2. The minimum atomic E-state index is -0.298. The van der Waals surface area contributed by atoms with E-state index in [0.717, 1.165) is 55.4 Å². The Morgan fingerprint density at radius 3 is 2.56 bits per heavy atom. The second-order valence-electron chi connectivity index (χ2n) is 8.69. The van der Waals surface area contributed by atoms with Gasteiger partial charge in [-0.1, -0.05) is 38.0 Å². The summed E-state index contributed by atoms with van der Waals surface area (Å²) in [5.74, 6) is 2.81. The lowest BCUT2D eigenvalue weighted by Gasteiger charge is -2.43. The summed E-state index contributed by atoms with van der Waals surface area (Å²) in [5.41, 5.74) is 3.80. The van der Waals surface area contributed by atoms with Gasteiger partial charge in [0.15, 0.2) is 0 Å². The summed E-state index contributed by atoms with van der Waals surface area (Å²) >= 11 is 0. The Kier molecular flexibility index (Phi) is 6.50. The van der Waals surface area contributed by atoms with Crippen molar-refractivity contribution in [2.45, 2.75) is 63.6 Å². The van der Waals surface area contributed by atoms with Crippen molar-refractivity contribution in [3.63, 3.8) is 0 Å². The van der Waals surface area contributed by atoms with Crippen LogP contribution in [0.15, 0.2) is 42.5 Å². The summed E-state index contributed by atoms with van der Waals surface area (Å²) in [6.07, 6.45) is 11.4. The predicted molar refractivity (Wildman–Crippen MR) is 124 cm³/mol. The van der Waals surface area contributed by atoms with E-state index in [2.05, 4.69) is 24.2 Å². The van der Waals surface area contributed by atoms with E-state index >= 15 is 0 Å². The largest absolute Gasteiger partial charge is 0.497 e. The van der Waals surface area contributed by atoms with E-state index in [-0.39, 0.29) is 23.9 Å². The van der Waals surface area contributed by atoms with E-state index < -0.39 is 0 Å². The van der Waals surface area contributed by atoms with E-state index in [1.54, 1.807) is 7.11 Å². The highest BCUT2D eigenvalue weighted by Crippen LogP contribution is 2.40. The molecule has 0 radical (unpaired) electrons. The number of terminal acetylenes is 1. The van der Waals surface area contributed by atoms with Gasteiger partial charge in [0.05, 0.1) is 13.2 Å². The number of hydrogen-bond acceptors (Lipinski definition) is 3. The first kappa shape index (κ1) is 22.0. The molecule has 2 aromatic rings. The topological polar surface area (TPSA) is 58.6 Å². The Labute approximate surface area is 190 Å². The van der Waals surface area contributed by atoms with Crippen LogP contribution >= 0.6 is 0 Å². The Balaban J connectivity index is 1.74. The van der Waals surface area contributed by atoms with Crippen LogP contribution in [0.5, 0.6) is 5.75 Å². The maximum absolute atomic E-state index is 13.0. The summed E-state index contributed by atoms with van der Waals surface area (Å²) in [5, 5.41) is 3.02. The lowest BCUT2D eigenvalue weighted by molar-refractivity contribution is -0.130. The first-order chi connectivity index (χ1) is 15.5. The van der Waals surface area contributed by atoms with Crippen molar-refractivity contribution >= 4 is 11.8 Å². The Morgan fingerprint density at radius 1 is 1.19 bits per heavy atom. The van der Waals surface area contributed by atoms with Crippen LogP contribution in [0.2, 0.25) is 0 Å². The average molecular weight is 431 g/mol. The molecule has 5 nitrogen and oxygen atoms in total. The molecule has 0 unspecified atom stereocenters. The maximum atomic E-state index is 13.0. The fourth-order valence-electron chi connectivity index (χ4n) is 4.56. The molecule has 0 bridgehead atoms. The van der Waals surface area contributed by atoms with E-state index in [9.17, 15) is 9.59 Å². The van der Waals surface area contributed by atoms with E-state index in [1.807, 2.05) is 41.3 Å². The van der Waals surface area contributed by atoms with Crippen molar-refractivity contribution in [2.75, 3.05) is 7.11 Å². The van der Waals surface area contributed by atoms with Gasteiger partial charge in [-0.15, -0.1) is 6.42 Å². The molecular weight excluding hydrogens is 400 g/mol. The summed E-state index contributed by atoms with van der Waals surface area (Å²) in [7, 11) is 1.66. The highest BCUT2D eigenvalue weighted by molar-refractivity contribution is 5.95. The molecule has 5 heteroatoms.